The highest BCUT2D eigenvalue weighted by molar-refractivity contribution is 6.32. The summed E-state index contributed by atoms with van der Waals surface area (Å²) in [6, 6.07) is 38.6. The van der Waals surface area contributed by atoms with E-state index in [2.05, 4.69) is 0 Å². The zero-order valence-corrected chi connectivity index (χ0v) is 27.7. The number of hydrogen-bond donors (Lipinski definition) is 2. The van der Waals surface area contributed by atoms with E-state index < -0.39 is 11.0 Å². The van der Waals surface area contributed by atoms with Crippen molar-refractivity contribution in [2.45, 2.75) is 38.3 Å². The van der Waals surface area contributed by atoms with Crippen molar-refractivity contribution in [1.29, 1.82) is 0 Å². The summed E-state index contributed by atoms with van der Waals surface area (Å²) in [4.78, 5) is 13.3. The summed E-state index contributed by atoms with van der Waals surface area (Å²) in [5, 5.41) is 33.9. The molecule has 0 fully saturated rings. The number of aliphatic hydroxyl groups excluding tert-OH is 2. The molecule has 0 heterocycles. The summed E-state index contributed by atoms with van der Waals surface area (Å²) in [5.41, 5.74) is 3.60. The van der Waals surface area contributed by atoms with Gasteiger partial charge in [0.15, 0.2) is 5.75 Å². The van der Waals surface area contributed by atoms with Crippen LogP contribution in [0.5, 0.6) is 17.2 Å². The smallest absolute Gasteiger partial charge is 0.314 e. The highest BCUT2D eigenvalue weighted by Gasteiger charge is 2.23. The zero-order chi connectivity index (χ0) is 34.4. The second-order valence-electron chi connectivity index (χ2n) is 11.6. The van der Waals surface area contributed by atoms with Crippen LogP contribution in [0.25, 0.3) is 0 Å². The first-order valence-corrected chi connectivity index (χ1v) is 16.4. The highest BCUT2D eigenvalue weighted by atomic mass is 35.5. The summed E-state index contributed by atoms with van der Waals surface area (Å²) >= 11 is 6.59. The van der Waals surface area contributed by atoms with Gasteiger partial charge in [-0.2, -0.15) is 0 Å². The molecule has 0 aliphatic carbocycles. The SMILES string of the molecule is O=[N+]([O-])c1cc(OC[C@@H](O)CN(Cc2ccccc2)[C@H](CO)Cc2ccc(OCc3ccccc3)c(Cl)c2)ccc1OCc1ccccc1. The lowest BCUT2D eigenvalue weighted by molar-refractivity contribution is -0.386. The minimum Gasteiger partial charge on any atom is -0.491 e. The summed E-state index contributed by atoms with van der Waals surface area (Å²) in [5.74, 6) is 0.923. The molecule has 0 aromatic heterocycles. The van der Waals surface area contributed by atoms with E-state index in [1.165, 1.54) is 12.1 Å². The normalized spacial score (nSPS) is 12.3. The standard InChI is InChI=1S/C39H39ClN2O7/c40-36-21-32(16-18-38(36)48-26-30-12-6-2-7-13-30)20-33(25-43)41(23-29-10-4-1-5-11-29)24-34(44)28-47-35-17-19-39(37(22-35)42(45)46)49-27-31-14-8-3-9-15-31/h1-19,21-22,33-34,43-44H,20,23-28H2/t33-,34-/m0/s1. The molecule has 0 amide bonds. The van der Waals surface area contributed by atoms with Gasteiger partial charge >= 0.3 is 5.69 Å². The van der Waals surface area contributed by atoms with Crippen LogP contribution in [0.4, 0.5) is 5.69 Å². The third-order valence-corrected chi connectivity index (χ3v) is 8.21. The van der Waals surface area contributed by atoms with Crippen molar-refractivity contribution in [2.24, 2.45) is 0 Å². The van der Waals surface area contributed by atoms with Crippen molar-refractivity contribution >= 4 is 17.3 Å². The van der Waals surface area contributed by atoms with E-state index in [4.69, 9.17) is 25.8 Å². The molecule has 49 heavy (non-hydrogen) atoms. The number of benzene rings is 5. The number of hydrogen-bond acceptors (Lipinski definition) is 8. The van der Waals surface area contributed by atoms with Gasteiger partial charge in [0.2, 0.25) is 0 Å². The Bertz CT molecular complexity index is 1760. The van der Waals surface area contributed by atoms with Crippen LogP contribution >= 0.6 is 11.6 Å². The van der Waals surface area contributed by atoms with E-state index in [0.717, 1.165) is 22.3 Å². The third-order valence-electron chi connectivity index (χ3n) is 7.91. The van der Waals surface area contributed by atoms with Crippen molar-refractivity contribution in [2.75, 3.05) is 19.8 Å². The zero-order valence-electron chi connectivity index (χ0n) is 26.9. The molecule has 2 atom stereocenters. The molecule has 5 aromatic rings. The minimum atomic E-state index is -0.969. The molecule has 0 radical (unpaired) electrons. The van der Waals surface area contributed by atoms with Crippen molar-refractivity contribution < 1.29 is 29.3 Å². The van der Waals surface area contributed by atoms with Crippen LogP contribution in [0.1, 0.15) is 22.3 Å². The maximum Gasteiger partial charge on any atom is 0.314 e. The Morgan fingerprint density at radius 1 is 0.714 bits per heavy atom. The largest absolute Gasteiger partial charge is 0.491 e. The molecule has 0 spiro atoms. The molecule has 5 rings (SSSR count). The van der Waals surface area contributed by atoms with E-state index in [1.54, 1.807) is 6.07 Å². The fourth-order valence-corrected chi connectivity index (χ4v) is 5.63. The molecule has 2 N–H and O–H groups in total. The number of rotatable bonds is 18. The maximum atomic E-state index is 11.8. The predicted molar refractivity (Wildman–Crippen MR) is 189 cm³/mol. The lowest BCUT2D eigenvalue weighted by Gasteiger charge is -2.32. The van der Waals surface area contributed by atoms with Gasteiger partial charge < -0.3 is 24.4 Å². The first-order chi connectivity index (χ1) is 23.9. The van der Waals surface area contributed by atoms with Gasteiger partial charge in [-0.25, -0.2) is 0 Å². The Morgan fingerprint density at radius 3 is 1.86 bits per heavy atom. The van der Waals surface area contributed by atoms with E-state index in [0.29, 0.717) is 30.3 Å². The minimum absolute atomic E-state index is 0.121. The second kappa shape index (κ2) is 18.0. The molecule has 0 bridgehead atoms. The van der Waals surface area contributed by atoms with Gasteiger partial charge in [-0.3, -0.25) is 15.0 Å². The quantitative estimate of drug-likeness (QED) is 0.0734. The molecule has 0 aliphatic heterocycles. The van der Waals surface area contributed by atoms with Crippen molar-refractivity contribution in [3.8, 4) is 17.2 Å². The Labute approximate surface area is 291 Å². The van der Waals surface area contributed by atoms with Crippen LogP contribution < -0.4 is 14.2 Å². The van der Waals surface area contributed by atoms with Gasteiger partial charge in [0.05, 0.1) is 22.6 Å². The first kappa shape index (κ1) is 35.4. The van der Waals surface area contributed by atoms with Gasteiger partial charge in [0.1, 0.15) is 37.4 Å². The third kappa shape index (κ3) is 10.8. The molecule has 254 valence electrons. The van der Waals surface area contributed by atoms with Crippen LogP contribution in [0.15, 0.2) is 127 Å². The maximum absolute atomic E-state index is 11.8. The number of halogens is 1. The van der Waals surface area contributed by atoms with Crippen LogP contribution in [-0.4, -0.2) is 51.9 Å². The number of nitro groups is 1. The Morgan fingerprint density at radius 2 is 1.29 bits per heavy atom. The van der Waals surface area contributed by atoms with E-state index in [1.807, 2.05) is 114 Å². The Balaban J connectivity index is 1.23. The predicted octanol–water partition coefficient (Wildman–Crippen LogP) is 7.25. The van der Waals surface area contributed by atoms with Gasteiger partial charge in [0.25, 0.3) is 0 Å². The number of nitrogens with zero attached hydrogens (tertiary/aromatic N) is 2. The van der Waals surface area contributed by atoms with Gasteiger partial charge in [-0.05, 0) is 52.9 Å². The van der Waals surface area contributed by atoms with Gasteiger partial charge in [-0.1, -0.05) is 109 Å². The molecular weight excluding hydrogens is 644 g/mol. The second-order valence-corrected chi connectivity index (χ2v) is 12.0. The van der Waals surface area contributed by atoms with Gasteiger partial charge in [0, 0.05) is 19.1 Å². The van der Waals surface area contributed by atoms with Crippen LogP contribution in [0, 0.1) is 10.1 Å². The van der Waals surface area contributed by atoms with Crippen LogP contribution in [0.3, 0.4) is 0 Å². The molecule has 0 aliphatic rings. The first-order valence-electron chi connectivity index (χ1n) is 16.0. The van der Waals surface area contributed by atoms with E-state index in [9.17, 15) is 20.3 Å². The lowest BCUT2D eigenvalue weighted by atomic mass is 10.0. The van der Waals surface area contributed by atoms with E-state index in [-0.39, 0.29) is 49.6 Å². The summed E-state index contributed by atoms with van der Waals surface area (Å²) in [6.07, 6.45) is -0.505. The number of ether oxygens (including phenoxy) is 3. The molecule has 0 saturated heterocycles. The van der Waals surface area contributed by atoms with E-state index >= 15 is 0 Å². The number of nitro benzene ring substituents is 1. The topological polar surface area (TPSA) is 115 Å². The van der Waals surface area contributed by atoms with Crippen LogP contribution in [-0.2, 0) is 26.2 Å². The van der Waals surface area contributed by atoms with Crippen LogP contribution in [0.2, 0.25) is 5.02 Å². The average molecular weight is 683 g/mol. The van der Waals surface area contributed by atoms with Crippen molar-refractivity contribution in [3.63, 3.8) is 0 Å². The summed E-state index contributed by atoms with van der Waals surface area (Å²) in [6.45, 7) is 0.928. The van der Waals surface area contributed by atoms with Crippen molar-refractivity contribution in [3.05, 3.63) is 165 Å². The molecule has 0 unspecified atom stereocenters. The molecule has 10 heteroatoms. The lowest BCUT2D eigenvalue weighted by Crippen LogP contribution is -2.44. The fourth-order valence-electron chi connectivity index (χ4n) is 5.37. The number of aliphatic hydroxyl groups is 2. The highest BCUT2D eigenvalue weighted by Crippen LogP contribution is 2.32. The summed E-state index contributed by atoms with van der Waals surface area (Å²) in [7, 11) is 0. The molecule has 9 nitrogen and oxygen atoms in total. The fraction of sp³-hybridized carbons (Fsp3) is 0.231. The average Bonchev–Trinajstić information content (AvgIpc) is 3.13. The molecule has 5 aromatic carbocycles. The monoisotopic (exact) mass is 682 g/mol. The van der Waals surface area contributed by atoms with Gasteiger partial charge in [-0.15, -0.1) is 0 Å². The summed E-state index contributed by atoms with van der Waals surface area (Å²) < 4.78 is 17.5. The van der Waals surface area contributed by atoms with Crippen molar-refractivity contribution in [1.82, 2.24) is 4.90 Å². The molecule has 0 saturated carbocycles. The Kier molecular flexibility index (Phi) is 13.0. The Hall–Kier alpha value is -4.93. The molecular formula is C39H39ClN2O7.